The topological polar surface area (TPSA) is 66.9 Å². The number of anilines is 3. The minimum absolute atomic E-state index is 0.106. The molecule has 4 saturated carbocycles. The zero-order valence-corrected chi connectivity index (χ0v) is 19.1. The summed E-state index contributed by atoms with van der Waals surface area (Å²) in [6.45, 7) is 3.38. The Morgan fingerprint density at radius 2 is 1.56 bits per heavy atom. The number of nitrogens with zero attached hydrogens (tertiary/aromatic N) is 2. The van der Waals surface area contributed by atoms with Gasteiger partial charge in [-0.3, -0.25) is 0 Å². The lowest BCUT2D eigenvalue weighted by Gasteiger charge is -2.57. The standard InChI is InChI=1S/C23H28F3N4OP/c1-32(2,31)18-5-3-17(4-6-18)28-21-27-13-19(23(24,25)26)20(29-21)30-22-10-14-7-15(11-22)9-16(8-14)12-22/h3-6,13-16H,7-12H2,1-2H3,(H2,27,28,29,30). The van der Waals surface area contributed by atoms with E-state index in [4.69, 9.17) is 0 Å². The summed E-state index contributed by atoms with van der Waals surface area (Å²) < 4.78 is 53.5. The van der Waals surface area contributed by atoms with Crippen LogP contribution in [0.2, 0.25) is 0 Å². The minimum Gasteiger partial charge on any atom is -0.364 e. The maximum Gasteiger partial charge on any atom is 0.421 e. The van der Waals surface area contributed by atoms with Gasteiger partial charge in [-0.1, -0.05) is 0 Å². The van der Waals surface area contributed by atoms with E-state index in [-0.39, 0.29) is 17.3 Å². The fourth-order valence-electron chi connectivity index (χ4n) is 6.29. The van der Waals surface area contributed by atoms with E-state index in [1.807, 2.05) is 0 Å². The molecule has 0 atom stereocenters. The molecule has 2 aromatic rings. The third-order valence-corrected chi connectivity index (χ3v) is 8.80. The van der Waals surface area contributed by atoms with E-state index in [0.29, 0.717) is 23.4 Å². The quantitative estimate of drug-likeness (QED) is 0.542. The van der Waals surface area contributed by atoms with E-state index in [1.165, 1.54) is 19.3 Å². The Kier molecular flexibility index (Phi) is 5.08. The van der Waals surface area contributed by atoms with Crippen molar-refractivity contribution >= 4 is 29.9 Å². The number of hydrogen-bond donors (Lipinski definition) is 2. The number of nitrogens with one attached hydrogen (secondary N) is 2. The van der Waals surface area contributed by atoms with Gasteiger partial charge in [0.2, 0.25) is 5.95 Å². The lowest BCUT2D eigenvalue weighted by Crippen LogP contribution is -2.55. The van der Waals surface area contributed by atoms with Crippen LogP contribution in [0.15, 0.2) is 30.5 Å². The van der Waals surface area contributed by atoms with Crippen molar-refractivity contribution in [2.75, 3.05) is 24.0 Å². The minimum atomic E-state index is -4.53. The summed E-state index contributed by atoms with van der Waals surface area (Å²) in [5.41, 5.74) is -0.499. The van der Waals surface area contributed by atoms with E-state index in [0.717, 1.165) is 30.8 Å². The van der Waals surface area contributed by atoms with Crippen molar-refractivity contribution in [3.8, 4) is 0 Å². The molecule has 0 saturated heterocycles. The number of alkyl halides is 3. The number of rotatable bonds is 5. The van der Waals surface area contributed by atoms with Gasteiger partial charge >= 0.3 is 6.18 Å². The Balaban J connectivity index is 1.43. The van der Waals surface area contributed by atoms with Gasteiger partial charge in [-0.05, 0) is 93.9 Å². The molecular formula is C23H28F3N4OP. The highest BCUT2D eigenvalue weighted by molar-refractivity contribution is 7.70. The van der Waals surface area contributed by atoms with Crippen LogP contribution in [0.3, 0.4) is 0 Å². The molecule has 1 heterocycles. The zero-order chi connectivity index (χ0) is 22.7. The Morgan fingerprint density at radius 3 is 2.06 bits per heavy atom. The van der Waals surface area contributed by atoms with E-state index in [9.17, 15) is 17.7 Å². The van der Waals surface area contributed by atoms with Crippen LogP contribution in [0.1, 0.15) is 44.1 Å². The van der Waals surface area contributed by atoms with Crippen LogP contribution in [0.4, 0.5) is 30.6 Å². The number of aromatic nitrogens is 2. The van der Waals surface area contributed by atoms with Gasteiger partial charge in [0.1, 0.15) is 18.5 Å². The molecule has 4 aliphatic carbocycles. The monoisotopic (exact) mass is 464 g/mol. The van der Waals surface area contributed by atoms with Crippen LogP contribution in [0.25, 0.3) is 0 Å². The second-order valence-electron chi connectivity index (χ2n) is 10.3. The van der Waals surface area contributed by atoms with E-state index >= 15 is 0 Å². The van der Waals surface area contributed by atoms with Crippen LogP contribution < -0.4 is 15.9 Å². The summed E-state index contributed by atoms with van der Waals surface area (Å²) in [4.78, 5) is 8.20. The Hall–Kier alpha value is -2.08. The third kappa shape index (κ3) is 4.26. The zero-order valence-electron chi connectivity index (χ0n) is 18.2. The molecule has 9 heteroatoms. The van der Waals surface area contributed by atoms with Gasteiger partial charge < -0.3 is 15.2 Å². The first kappa shape index (κ1) is 21.7. The Labute approximate surface area is 186 Å². The Bertz CT molecular complexity index is 1030. The lowest BCUT2D eigenvalue weighted by atomic mass is 9.53. The molecule has 0 aliphatic heterocycles. The molecule has 5 nitrogen and oxygen atoms in total. The molecule has 0 amide bonds. The van der Waals surface area contributed by atoms with E-state index in [2.05, 4.69) is 20.6 Å². The van der Waals surface area contributed by atoms with Crippen molar-refractivity contribution in [1.29, 1.82) is 0 Å². The van der Waals surface area contributed by atoms with Crippen molar-refractivity contribution < 1.29 is 17.7 Å². The average Bonchev–Trinajstić information content (AvgIpc) is 2.65. The average molecular weight is 464 g/mol. The SMILES string of the molecule is CP(C)(=O)c1ccc(Nc2ncc(C(F)(F)F)c(NC34CC5CC(CC(C5)C3)C4)n2)cc1. The molecule has 0 radical (unpaired) electrons. The van der Waals surface area contributed by atoms with Gasteiger partial charge in [-0.25, -0.2) is 4.98 Å². The van der Waals surface area contributed by atoms with Crippen molar-refractivity contribution in [2.45, 2.75) is 50.2 Å². The van der Waals surface area contributed by atoms with Crippen LogP contribution in [0, 0.1) is 17.8 Å². The second-order valence-corrected chi connectivity index (χ2v) is 13.5. The molecule has 32 heavy (non-hydrogen) atoms. The summed E-state index contributed by atoms with van der Waals surface area (Å²) >= 11 is 0. The molecule has 4 aliphatic rings. The molecule has 4 bridgehead atoms. The highest BCUT2D eigenvalue weighted by Gasteiger charge is 2.51. The first-order valence-electron chi connectivity index (χ1n) is 11.1. The third-order valence-electron chi connectivity index (χ3n) is 7.26. The number of halogens is 3. The predicted molar refractivity (Wildman–Crippen MR) is 120 cm³/mol. The number of hydrogen-bond acceptors (Lipinski definition) is 5. The van der Waals surface area contributed by atoms with Gasteiger partial charge in [0.05, 0.1) is 0 Å². The molecule has 0 unspecified atom stereocenters. The highest BCUT2D eigenvalue weighted by atomic mass is 31.2. The molecule has 2 N–H and O–H groups in total. The molecule has 172 valence electrons. The molecule has 4 fully saturated rings. The highest BCUT2D eigenvalue weighted by Crippen LogP contribution is 2.57. The first-order chi connectivity index (χ1) is 15.0. The van der Waals surface area contributed by atoms with Crippen molar-refractivity contribution in [3.05, 3.63) is 36.0 Å². The summed E-state index contributed by atoms with van der Waals surface area (Å²) in [5, 5.41) is 7.00. The van der Waals surface area contributed by atoms with Gasteiger partial charge in [0, 0.05) is 22.7 Å². The molecule has 0 spiro atoms. The van der Waals surface area contributed by atoms with Crippen molar-refractivity contribution in [3.63, 3.8) is 0 Å². The van der Waals surface area contributed by atoms with Crippen LogP contribution in [0.5, 0.6) is 0 Å². The van der Waals surface area contributed by atoms with Crippen LogP contribution in [-0.4, -0.2) is 28.8 Å². The number of benzene rings is 1. The normalized spacial score (nSPS) is 29.2. The van der Waals surface area contributed by atoms with Gasteiger partial charge in [-0.15, -0.1) is 0 Å². The largest absolute Gasteiger partial charge is 0.421 e. The van der Waals surface area contributed by atoms with Gasteiger partial charge in [0.15, 0.2) is 0 Å². The maximum atomic E-state index is 13.8. The van der Waals surface area contributed by atoms with E-state index < -0.39 is 18.9 Å². The van der Waals surface area contributed by atoms with Crippen molar-refractivity contribution in [2.24, 2.45) is 17.8 Å². The lowest BCUT2D eigenvalue weighted by molar-refractivity contribution is -0.137. The first-order valence-corrected chi connectivity index (χ1v) is 13.7. The molecule has 1 aromatic heterocycles. The molecule has 6 rings (SSSR count). The Morgan fingerprint density at radius 1 is 1.00 bits per heavy atom. The maximum absolute atomic E-state index is 13.8. The van der Waals surface area contributed by atoms with Crippen molar-refractivity contribution in [1.82, 2.24) is 9.97 Å². The van der Waals surface area contributed by atoms with Gasteiger partial charge in [0.25, 0.3) is 0 Å². The summed E-state index contributed by atoms with van der Waals surface area (Å²) in [6, 6.07) is 6.98. The van der Waals surface area contributed by atoms with Crippen LogP contribution >= 0.6 is 7.14 Å². The summed E-state index contributed by atoms with van der Waals surface area (Å²) in [6.07, 6.45) is 2.70. The fourth-order valence-corrected chi connectivity index (χ4v) is 7.16. The predicted octanol–water partition coefficient (Wildman–Crippen LogP) is 5.87. The van der Waals surface area contributed by atoms with Crippen LogP contribution in [-0.2, 0) is 10.7 Å². The fraction of sp³-hybridized carbons (Fsp3) is 0.565. The summed E-state index contributed by atoms with van der Waals surface area (Å²) in [5.74, 6) is 1.78. The smallest absolute Gasteiger partial charge is 0.364 e. The molecule has 1 aromatic carbocycles. The summed E-state index contributed by atoms with van der Waals surface area (Å²) in [7, 11) is -2.38. The van der Waals surface area contributed by atoms with E-state index in [1.54, 1.807) is 37.6 Å². The molecular weight excluding hydrogens is 436 g/mol. The van der Waals surface area contributed by atoms with Gasteiger partial charge in [-0.2, -0.15) is 18.2 Å². The second kappa shape index (κ2) is 7.47.